The molecule has 3 heterocycles. The molecule has 0 spiro atoms. The Morgan fingerprint density at radius 1 is 0.973 bits per heavy atom. The number of rotatable bonds is 6. The molecule has 0 aliphatic carbocycles. The summed E-state index contributed by atoms with van der Waals surface area (Å²) in [7, 11) is 0. The first kappa shape index (κ1) is 23.9. The molecule has 2 aromatic heterocycles. The molecular weight excluding hydrogens is 544 g/mol. The lowest BCUT2D eigenvalue weighted by molar-refractivity contribution is 0.340. The second kappa shape index (κ2) is 10.1. The Hall–Kier alpha value is -3.42. The van der Waals surface area contributed by atoms with Gasteiger partial charge in [-0.15, -0.1) is 5.10 Å². The molecule has 0 bridgehead atoms. The minimum atomic E-state index is 0.638. The van der Waals surface area contributed by atoms with Gasteiger partial charge in [-0.05, 0) is 68.1 Å². The molecule has 5 aromatic rings. The molecule has 0 saturated carbocycles. The minimum Gasteiger partial charge on any atom is -0.494 e. The quantitative estimate of drug-likeness (QED) is 0.212. The third-order valence-corrected chi connectivity index (χ3v) is 7.61. The molecule has 0 fully saturated rings. The maximum absolute atomic E-state index is 6.09. The Balaban J connectivity index is 1.54. The lowest BCUT2D eigenvalue weighted by atomic mass is 9.98. The standard InChI is InChI=1S/C30H27BrN4OS/c1-2-36-24-17-15-23(16-18-24)32-29(37)27-26(20-11-13-22(31)14-12-20)25-10-6-7-19-34-28(33-35(27)30(25)34)21-8-4-3-5-9-21/h3-5,8-9,11-18H,2,6-7,10,19H2,1H3,(H,32,37). The van der Waals surface area contributed by atoms with Crippen LogP contribution in [-0.2, 0) is 13.0 Å². The van der Waals surface area contributed by atoms with Gasteiger partial charge in [-0.2, -0.15) is 0 Å². The van der Waals surface area contributed by atoms with Gasteiger partial charge in [-0.25, -0.2) is 4.52 Å². The molecule has 1 N–H and O–H groups in total. The second-order valence-electron chi connectivity index (χ2n) is 9.15. The van der Waals surface area contributed by atoms with Gasteiger partial charge in [0.05, 0.1) is 6.61 Å². The van der Waals surface area contributed by atoms with Crippen LogP contribution in [0.25, 0.3) is 28.2 Å². The van der Waals surface area contributed by atoms with E-state index in [1.165, 1.54) is 5.56 Å². The van der Waals surface area contributed by atoms with Gasteiger partial charge in [0.1, 0.15) is 22.1 Å². The predicted molar refractivity (Wildman–Crippen MR) is 158 cm³/mol. The Morgan fingerprint density at radius 3 is 2.46 bits per heavy atom. The number of nitrogens with zero attached hydrogens (tertiary/aromatic N) is 3. The van der Waals surface area contributed by atoms with E-state index in [2.05, 4.69) is 78.9 Å². The number of aromatic nitrogens is 3. The topological polar surface area (TPSA) is 43.5 Å². The molecule has 5 nitrogen and oxygen atoms in total. The molecule has 0 amide bonds. The van der Waals surface area contributed by atoms with Crippen LogP contribution >= 0.6 is 28.1 Å². The fraction of sp³-hybridized carbons (Fsp3) is 0.200. The molecule has 37 heavy (non-hydrogen) atoms. The average molecular weight is 572 g/mol. The third kappa shape index (κ3) is 4.47. The van der Waals surface area contributed by atoms with Crippen molar-refractivity contribution in [1.29, 1.82) is 0 Å². The van der Waals surface area contributed by atoms with Crippen LogP contribution in [0.3, 0.4) is 0 Å². The number of anilines is 1. The number of hydrogen-bond donors (Lipinski definition) is 1. The number of ether oxygens (including phenoxy) is 1. The zero-order valence-corrected chi connectivity index (χ0v) is 23.0. The summed E-state index contributed by atoms with van der Waals surface area (Å²) in [5.41, 5.74) is 7.70. The van der Waals surface area contributed by atoms with Crippen LogP contribution in [0.4, 0.5) is 5.69 Å². The molecule has 1 aliphatic heterocycles. The molecule has 1 aliphatic rings. The fourth-order valence-corrected chi connectivity index (χ4v) is 5.74. The summed E-state index contributed by atoms with van der Waals surface area (Å²) in [6.45, 7) is 3.56. The van der Waals surface area contributed by atoms with Crippen molar-refractivity contribution in [3.8, 4) is 28.3 Å². The van der Waals surface area contributed by atoms with Gasteiger partial charge in [-0.1, -0.05) is 70.6 Å². The van der Waals surface area contributed by atoms with Crippen LogP contribution in [0.15, 0.2) is 83.3 Å². The zero-order chi connectivity index (χ0) is 25.4. The van der Waals surface area contributed by atoms with Crippen LogP contribution in [0.2, 0.25) is 0 Å². The van der Waals surface area contributed by atoms with E-state index in [9.17, 15) is 0 Å². The first-order valence-corrected chi connectivity index (χ1v) is 13.8. The highest BCUT2D eigenvalue weighted by molar-refractivity contribution is 9.10. The normalized spacial score (nSPS) is 12.9. The Labute approximate surface area is 230 Å². The highest BCUT2D eigenvalue weighted by Crippen LogP contribution is 2.39. The number of nitrogens with one attached hydrogen (secondary N) is 1. The van der Waals surface area contributed by atoms with Crippen molar-refractivity contribution < 1.29 is 4.74 Å². The maximum Gasteiger partial charge on any atom is 0.162 e. The van der Waals surface area contributed by atoms with Gasteiger partial charge in [0.25, 0.3) is 0 Å². The molecular formula is C30H27BrN4OS. The second-order valence-corrected chi connectivity index (χ2v) is 10.5. The summed E-state index contributed by atoms with van der Waals surface area (Å²) in [4.78, 5) is 0.646. The minimum absolute atomic E-state index is 0.638. The highest BCUT2D eigenvalue weighted by atomic mass is 79.9. The smallest absolute Gasteiger partial charge is 0.162 e. The van der Waals surface area contributed by atoms with Crippen molar-refractivity contribution in [2.75, 3.05) is 11.9 Å². The van der Waals surface area contributed by atoms with E-state index in [-0.39, 0.29) is 0 Å². The average Bonchev–Trinajstić information content (AvgIpc) is 3.34. The van der Waals surface area contributed by atoms with Gasteiger partial charge in [0.2, 0.25) is 0 Å². The van der Waals surface area contributed by atoms with Gasteiger partial charge in [0, 0.05) is 33.4 Å². The molecule has 0 radical (unpaired) electrons. The first-order valence-electron chi connectivity index (χ1n) is 12.6. The van der Waals surface area contributed by atoms with Gasteiger partial charge in [0.15, 0.2) is 5.82 Å². The molecule has 0 atom stereocenters. The summed E-state index contributed by atoms with van der Waals surface area (Å²) in [6, 6.07) is 26.8. The van der Waals surface area contributed by atoms with Crippen LogP contribution in [0.1, 0.15) is 31.0 Å². The van der Waals surface area contributed by atoms with Crippen LogP contribution in [0.5, 0.6) is 5.75 Å². The van der Waals surface area contributed by atoms with E-state index >= 15 is 0 Å². The summed E-state index contributed by atoms with van der Waals surface area (Å²) < 4.78 is 11.1. The number of thiocarbonyl (C=S) groups is 1. The number of benzene rings is 3. The van der Waals surface area contributed by atoms with Crippen molar-refractivity contribution in [2.24, 2.45) is 0 Å². The number of aryl methyl sites for hydroxylation is 2. The Morgan fingerprint density at radius 2 is 1.73 bits per heavy atom. The summed E-state index contributed by atoms with van der Waals surface area (Å²) in [6.07, 6.45) is 3.22. The summed E-state index contributed by atoms with van der Waals surface area (Å²) in [5, 5.41) is 8.66. The molecule has 7 heteroatoms. The Bertz CT molecular complexity index is 1570. The summed E-state index contributed by atoms with van der Waals surface area (Å²) in [5.74, 6) is 1.82. The largest absolute Gasteiger partial charge is 0.494 e. The lowest BCUT2D eigenvalue weighted by Crippen LogP contribution is -2.15. The van der Waals surface area contributed by atoms with Crippen molar-refractivity contribution in [2.45, 2.75) is 32.7 Å². The van der Waals surface area contributed by atoms with E-state index in [0.29, 0.717) is 11.6 Å². The summed E-state index contributed by atoms with van der Waals surface area (Å²) >= 11 is 9.68. The Kier molecular flexibility index (Phi) is 6.57. The van der Waals surface area contributed by atoms with Crippen molar-refractivity contribution in [1.82, 2.24) is 14.2 Å². The van der Waals surface area contributed by atoms with E-state index in [0.717, 1.165) is 75.6 Å². The molecule has 186 valence electrons. The van der Waals surface area contributed by atoms with Crippen LogP contribution in [0, 0.1) is 0 Å². The maximum atomic E-state index is 6.09. The van der Waals surface area contributed by atoms with E-state index in [1.807, 2.05) is 37.3 Å². The number of hydrogen-bond acceptors (Lipinski definition) is 3. The molecule has 6 rings (SSSR count). The van der Waals surface area contributed by atoms with E-state index in [1.54, 1.807) is 0 Å². The van der Waals surface area contributed by atoms with E-state index in [4.69, 9.17) is 22.1 Å². The molecule has 0 unspecified atom stereocenters. The van der Waals surface area contributed by atoms with Crippen LogP contribution in [-0.4, -0.2) is 25.8 Å². The lowest BCUT2D eigenvalue weighted by Gasteiger charge is -2.12. The van der Waals surface area contributed by atoms with E-state index < -0.39 is 0 Å². The molecule has 3 aromatic carbocycles. The highest BCUT2D eigenvalue weighted by Gasteiger charge is 2.29. The molecule has 0 saturated heterocycles. The number of halogens is 1. The third-order valence-electron chi connectivity index (χ3n) is 6.79. The van der Waals surface area contributed by atoms with Gasteiger partial charge in [-0.3, -0.25) is 0 Å². The zero-order valence-electron chi connectivity index (χ0n) is 20.6. The van der Waals surface area contributed by atoms with Crippen molar-refractivity contribution >= 4 is 44.5 Å². The first-order chi connectivity index (χ1) is 18.1. The van der Waals surface area contributed by atoms with Gasteiger partial charge < -0.3 is 14.6 Å². The van der Waals surface area contributed by atoms with Crippen molar-refractivity contribution in [3.63, 3.8) is 0 Å². The monoisotopic (exact) mass is 570 g/mol. The fourth-order valence-electron chi connectivity index (χ4n) is 5.17. The van der Waals surface area contributed by atoms with Gasteiger partial charge >= 0.3 is 0 Å². The predicted octanol–water partition coefficient (Wildman–Crippen LogP) is 7.75. The SMILES string of the molecule is CCOc1ccc(NC(=S)c2c(-c3ccc(Br)cc3)c3c4n(c(-c5ccccc5)nn24)CCCC3)cc1. The van der Waals surface area contributed by atoms with Crippen LogP contribution < -0.4 is 10.1 Å². The van der Waals surface area contributed by atoms with Crippen molar-refractivity contribution in [3.05, 3.63) is 94.6 Å².